The zero-order valence-electron chi connectivity index (χ0n) is 11.3. The molecule has 0 fully saturated rings. The van der Waals surface area contributed by atoms with E-state index in [1.807, 2.05) is 36.7 Å². The molecule has 1 unspecified atom stereocenters. The molecule has 0 radical (unpaired) electrons. The Morgan fingerprint density at radius 1 is 1.25 bits per heavy atom. The minimum absolute atomic E-state index is 0.250. The van der Waals surface area contributed by atoms with Crippen molar-refractivity contribution in [2.24, 2.45) is 0 Å². The first kappa shape index (κ1) is 12.8. The first-order chi connectivity index (χ1) is 9.74. The predicted molar refractivity (Wildman–Crippen MR) is 80.2 cm³/mol. The van der Waals surface area contributed by atoms with Crippen molar-refractivity contribution in [3.8, 4) is 5.69 Å². The van der Waals surface area contributed by atoms with Crippen molar-refractivity contribution in [2.75, 3.05) is 5.32 Å². The van der Waals surface area contributed by atoms with Gasteiger partial charge in [0.1, 0.15) is 12.7 Å². The highest BCUT2D eigenvalue weighted by Crippen LogP contribution is 2.25. The second-order valence-electron chi connectivity index (χ2n) is 4.55. The largest absolute Gasteiger partial charge is 0.378 e. The lowest BCUT2D eigenvalue weighted by atomic mass is 10.2. The predicted octanol–water partition coefficient (Wildman–Crippen LogP) is 3.21. The van der Waals surface area contributed by atoms with Crippen molar-refractivity contribution in [2.45, 2.75) is 19.9 Å². The lowest BCUT2D eigenvalue weighted by Crippen LogP contribution is -2.06. The molecule has 1 aromatic carbocycles. The van der Waals surface area contributed by atoms with Gasteiger partial charge in [0.25, 0.3) is 0 Å². The molecule has 3 rings (SSSR count). The molecule has 5 nitrogen and oxygen atoms in total. The topological polar surface area (TPSA) is 55.6 Å². The molecule has 2 heterocycles. The molecule has 0 aliphatic rings. The van der Waals surface area contributed by atoms with Crippen molar-refractivity contribution in [3.63, 3.8) is 0 Å². The summed E-state index contributed by atoms with van der Waals surface area (Å²) in [6.45, 7) is 4.18. The van der Waals surface area contributed by atoms with Crippen LogP contribution in [0.1, 0.15) is 23.5 Å². The highest BCUT2D eigenvalue weighted by Gasteiger charge is 2.10. The number of nitrogens with zero attached hydrogens (tertiary/aromatic N) is 4. The molecular weight excluding hydrogens is 270 g/mol. The van der Waals surface area contributed by atoms with Gasteiger partial charge in [-0.3, -0.25) is 0 Å². The van der Waals surface area contributed by atoms with Gasteiger partial charge in [0, 0.05) is 10.6 Å². The van der Waals surface area contributed by atoms with Crippen LogP contribution in [0.5, 0.6) is 0 Å². The summed E-state index contributed by atoms with van der Waals surface area (Å²) in [7, 11) is 0. The average molecular weight is 285 g/mol. The Hall–Kier alpha value is -2.21. The van der Waals surface area contributed by atoms with Crippen LogP contribution in [0.2, 0.25) is 0 Å². The van der Waals surface area contributed by atoms with Crippen LogP contribution in [0.4, 0.5) is 5.69 Å². The third-order valence-electron chi connectivity index (χ3n) is 3.11. The van der Waals surface area contributed by atoms with Crippen LogP contribution in [0.15, 0.2) is 42.4 Å². The van der Waals surface area contributed by atoms with E-state index in [0.29, 0.717) is 0 Å². The van der Waals surface area contributed by atoms with Crippen LogP contribution in [0.25, 0.3) is 5.69 Å². The summed E-state index contributed by atoms with van der Waals surface area (Å²) in [6, 6.07) is 8.38. The molecule has 0 bridgehead atoms. The van der Waals surface area contributed by atoms with Gasteiger partial charge in [-0.15, -0.1) is 11.3 Å². The first-order valence-corrected chi connectivity index (χ1v) is 7.23. The summed E-state index contributed by atoms with van der Waals surface area (Å²) >= 11 is 1.68. The number of nitrogens with one attached hydrogen (secondary N) is 1. The lowest BCUT2D eigenvalue weighted by molar-refractivity contribution is 0.874. The van der Waals surface area contributed by atoms with Crippen LogP contribution < -0.4 is 5.32 Å². The van der Waals surface area contributed by atoms with Crippen molar-refractivity contribution >= 4 is 17.0 Å². The Balaban J connectivity index is 1.74. The van der Waals surface area contributed by atoms with Crippen LogP contribution in [0, 0.1) is 6.92 Å². The van der Waals surface area contributed by atoms with Gasteiger partial charge in [0.15, 0.2) is 0 Å². The molecule has 0 saturated heterocycles. The van der Waals surface area contributed by atoms with Gasteiger partial charge in [-0.1, -0.05) is 0 Å². The van der Waals surface area contributed by atoms with Crippen molar-refractivity contribution in [1.29, 1.82) is 0 Å². The molecule has 2 aromatic heterocycles. The molecule has 0 aliphatic heterocycles. The molecule has 0 spiro atoms. The SMILES string of the molecule is Cc1ncsc1C(C)Nc1ccc(-n2cncn2)cc1. The van der Waals surface area contributed by atoms with Gasteiger partial charge in [-0.25, -0.2) is 14.6 Å². The van der Waals surface area contributed by atoms with E-state index in [2.05, 4.69) is 27.3 Å². The number of hydrogen-bond acceptors (Lipinski definition) is 5. The number of rotatable bonds is 4. The number of hydrogen-bond donors (Lipinski definition) is 1. The monoisotopic (exact) mass is 285 g/mol. The molecular formula is C14H15N5S. The van der Waals surface area contributed by atoms with E-state index < -0.39 is 0 Å². The summed E-state index contributed by atoms with van der Waals surface area (Å²) in [5, 5.41) is 7.59. The van der Waals surface area contributed by atoms with Gasteiger partial charge in [0.05, 0.1) is 22.9 Å². The van der Waals surface area contributed by atoms with Crippen molar-refractivity contribution in [1.82, 2.24) is 19.7 Å². The molecule has 6 heteroatoms. The third-order valence-corrected chi connectivity index (χ3v) is 4.22. The van der Waals surface area contributed by atoms with Crippen LogP contribution in [0.3, 0.4) is 0 Å². The smallest absolute Gasteiger partial charge is 0.138 e. The van der Waals surface area contributed by atoms with E-state index in [9.17, 15) is 0 Å². The standard InChI is InChI=1S/C14H15N5S/c1-10-14(20-9-16-10)11(2)18-12-3-5-13(6-4-12)19-8-15-7-17-19/h3-9,11,18H,1-2H3. The maximum Gasteiger partial charge on any atom is 0.138 e. The number of aromatic nitrogens is 4. The molecule has 3 aromatic rings. The maximum absolute atomic E-state index is 4.29. The molecule has 1 N–H and O–H groups in total. The van der Waals surface area contributed by atoms with Crippen LogP contribution in [-0.2, 0) is 0 Å². The fourth-order valence-corrected chi connectivity index (χ4v) is 2.90. The molecule has 20 heavy (non-hydrogen) atoms. The minimum atomic E-state index is 0.250. The number of aryl methyl sites for hydroxylation is 1. The molecule has 1 atom stereocenters. The fourth-order valence-electron chi connectivity index (χ4n) is 2.09. The second kappa shape index (κ2) is 5.42. The van der Waals surface area contributed by atoms with E-state index in [4.69, 9.17) is 0 Å². The number of anilines is 1. The zero-order chi connectivity index (χ0) is 13.9. The number of thiazole rings is 1. The Bertz CT molecular complexity index is 672. The lowest BCUT2D eigenvalue weighted by Gasteiger charge is -2.14. The molecule has 0 saturated carbocycles. The fraction of sp³-hybridized carbons (Fsp3) is 0.214. The van der Waals surface area contributed by atoms with Gasteiger partial charge in [-0.05, 0) is 38.1 Å². The highest BCUT2D eigenvalue weighted by atomic mass is 32.1. The summed E-state index contributed by atoms with van der Waals surface area (Å²) in [4.78, 5) is 9.50. The molecule has 0 aliphatic carbocycles. The van der Waals surface area contributed by atoms with Gasteiger partial charge in [0.2, 0.25) is 0 Å². The van der Waals surface area contributed by atoms with Crippen LogP contribution >= 0.6 is 11.3 Å². The Kier molecular flexibility index (Phi) is 3.47. The molecule has 0 amide bonds. The van der Waals surface area contributed by atoms with Gasteiger partial charge in [-0.2, -0.15) is 5.10 Å². The summed E-state index contributed by atoms with van der Waals surface area (Å²) in [5.41, 5.74) is 5.05. The number of benzene rings is 1. The Morgan fingerprint density at radius 2 is 2.05 bits per heavy atom. The Morgan fingerprint density at radius 3 is 2.65 bits per heavy atom. The zero-order valence-corrected chi connectivity index (χ0v) is 12.1. The summed E-state index contributed by atoms with van der Waals surface area (Å²) < 4.78 is 1.74. The van der Waals surface area contributed by atoms with Crippen molar-refractivity contribution in [3.05, 3.63) is 53.0 Å². The van der Waals surface area contributed by atoms with E-state index in [0.717, 1.165) is 17.1 Å². The second-order valence-corrected chi connectivity index (χ2v) is 5.44. The van der Waals surface area contributed by atoms with Crippen LogP contribution in [-0.4, -0.2) is 19.7 Å². The third kappa shape index (κ3) is 2.55. The summed E-state index contributed by atoms with van der Waals surface area (Å²) in [6.07, 6.45) is 3.21. The van der Waals surface area contributed by atoms with E-state index in [-0.39, 0.29) is 6.04 Å². The molecule has 102 valence electrons. The Labute approximate surface area is 121 Å². The first-order valence-electron chi connectivity index (χ1n) is 6.35. The average Bonchev–Trinajstić information content (AvgIpc) is 3.10. The van der Waals surface area contributed by atoms with Crippen molar-refractivity contribution < 1.29 is 0 Å². The summed E-state index contributed by atoms with van der Waals surface area (Å²) in [5.74, 6) is 0. The van der Waals surface area contributed by atoms with E-state index in [1.54, 1.807) is 22.3 Å². The van der Waals surface area contributed by atoms with Gasteiger partial charge < -0.3 is 5.32 Å². The van der Waals surface area contributed by atoms with Gasteiger partial charge >= 0.3 is 0 Å². The van der Waals surface area contributed by atoms with E-state index >= 15 is 0 Å². The highest BCUT2D eigenvalue weighted by molar-refractivity contribution is 7.09. The maximum atomic E-state index is 4.29. The minimum Gasteiger partial charge on any atom is -0.378 e. The van der Waals surface area contributed by atoms with E-state index in [1.165, 1.54) is 11.2 Å². The normalized spacial score (nSPS) is 12.3. The quantitative estimate of drug-likeness (QED) is 0.799.